The van der Waals surface area contributed by atoms with E-state index in [0.717, 1.165) is 0 Å². The molecular weight excluding hydrogens is 192 g/mol. The van der Waals surface area contributed by atoms with E-state index in [1.165, 1.54) is 0 Å². The third-order valence-electron chi connectivity index (χ3n) is 1.98. The molecule has 0 saturated carbocycles. The Labute approximate surface area is 82.1 Å². The van der Waals surface area contributed by atoms with Gasteiger partial charge < -0.3 is 30.6 Å². The maximum absolute atomic E-state index is 9.26. The molecule has 0 radical (unpaired) electrons. The largest absolute Gasteiger partial charge is 0.396 e. The third-order valence-corrected chi connectivity index (χ3v) is 1.98. The van der Waals surface area contributed by atoms with E-state index >= 15 is 0 Å². The highest BCUT2D eigenvalue weighted by atomic mass is 16.4. The van der Waals surface area contributed by atoms with Crippen LogP contribution >= 0.6 is 0 Å². The van der Waals surface area contributed by atoms with E-state index in [1.807, 2.05) is 0 Å². The van der Waals surface area contributed by atoms with Crippen molar-refractivity contribution in [2.24, 2.45) is 0 Å². The van der Waals surface area contributed by atoms with Gasteiger partial charge in [0.2, 0.25) is 0 Å². The average molecular weight is 210 g/mol. The van der Waals surface area contributed by atoms with Gasteiger partial charge in [-0.25, -0.2) is 0 Å². The lowest BCUT2D eigenvalue weighted by atomic mass is 10.0. The van der Waals surface area contributed by atoms with Crippen molar-refractivity contribution >= 4 is 0 Å². The van der Waals surface area contributed by atoms with Gasteiger partial charge in [0.1, 0.15) is 18.3 Å². The van der Waals surface area contributed by atoms with Crippen molar-refractivity contribution in [1.29, 1.82) is 0 Å². The summed E-state index contributed by atoms with van der Waals surface area (Å²) in [5.74, 6) is 0. The van der Waals surface area contributed by atoms with Gasteiger partial charge in [0, 0.05) is 6.61 Å². The highest BCUT2D eigenvalue weighted by Crippen LogP contribution is 2.09. The van der Waals surface area contributed by atoms with Crippen LogP contribution in [0, 0.1) is 0 Å². The molecule has 0 heterocycles. The van der Waals surface area contributed by atoms with Crippen LogP contribution in [0.4, 0.5) is 0 Å². The van der Waals surface area contributed by atoms with Crippen LogP contribution in [-0.4, -0.2) is 68.3 Å². The molecular formula is C8H18O6. The molecule has 0 aliphatic carbocycles. The number of hydrogen-bond donors (Lipinski definition) is 6. The minimum atomic E-state index is -1.59. The van der Waals surface area contributed by atoms with Crippen molar-refractivity contribution in [1.82, 2.24) is 0 Å². The molecule has 0 bridgehead atoms. The summed E-state index contributed by atoms with van der Waals surface area (Å²) in [6, 6.07) is 0. The predicted octanol–water partition coefficient (Wildman–Crippen LogP) is -2.81. The molecule has 0 saturated heterocycles. The standard InChI is InChI=1S/C8H18O6/c9-3-1-2-5(11)7(13)8(14)6(12)4-10/h5-14H,1-4H2/t5?,6-,7?,8-/m0/s1. The number of rotatable bonds is 7. The molecule has 0 spiro atoms. The van der Waals surface area contributed by atoms with Crippen molar-refractivity contribution in [3.8, 4) is 0 Å². The number of hydrogen-bond acceptors (Lipinski definition) is 6. The minimum Gasteiger partial charge on any atom is -0.396 e. The van der Waals surface area contributed by atoms with E-state index in [2.05, 4.69) is 0 Å². The Morgan fingerprint density at radius 3 is 1.71 bits per heavy atom. The van der Waals surface area contributed by atoms with E-state index in [4.69, 9.17) is 15.3 Å². The molecule has 0 aromatic heterocycles. The van der Waals surface area contributed by atoms with E-state index in [1.54, 1.807) is 0 Å². The fourth-order valence-corrected chi connectivity index (χ4v) is 1.03. The molecule has 0 aliphatic rings. The molecule has 0 amide bonds. The van der Waals surface area contributed by atoms with Gasteiger partial charge in [-0.3, -0.25) is 0 Å². The smallest absolute Gasteiger partial charge is 0.110 e. The first kappa shape index (κ1) is 13.8. The summed E-state index contributed by atoms with van der Waals surface area (Å²) in [4.78, 5) is 0. The van der Waals surface area contributed by atoms with Gasteiger partial charge >= 0.3 is 0 Å². The maximum atomic E-state index is 9.26. The maximum Gasteiger partial charge on any atom is 0.110 e. The first-order chi connectivity index (χ1) is 6.54. The van der Waals surface area contributed by atoms with Crippen LogP contribution in [0.15, 0.2) is 0 Å². The van der Waals surface area contributed by atoms with Gasteiger partial charge in [0.25, 0.3) is 0 Å². The molecule has 0 aliphatic heterocycles. The van der Waals surface area contributed by atoms with Crippen molar-refractivity contribution in [3.63, 3.8) is 0 Å². The summed E-state index contributed by atoms with van der Waals surface area (Å²) in [5.41, 5.74) is 0. The lowest BCUT2D eigenvalue weighted by Gasteiger charge is -2.25. The first-order valence-electron chi connectivity index (χ1n) is 4.48. The monoisotopic (exact) mass is 210 g/mol. The Balaban J connectivity index is 3.95. The predicted molar refractivity (Wildman–Crippen MR) is 47.4 cm³/mol. The highest BCUT2D eigenvalue weighted by molar-refractivity contribution is 4.80. The fourth-order valence-electron chi connectivity index (χ4n) is 1.03. The summed E-state index contributed by atoms with van der Waals surface area (Å²) < 4.78 is 0. The van der Waals surface area contributed by atoms with Crippen LogP contribution in [0.3, 0.4) is 0 Å². The Morgan fingerprint density at radius 2 is 1.29 bits per heavy atom. The van der Waals surface area contributed by atoms with Gasteiger partial charge in [-0.2, -0.15) is 0 Å². The summed E-state index contributed by atoms with van der Waals surface area (Å²) in [6.07, 6.45) is -5.41. The number of aliphatic hydroxyl groups is 6. The van der Waals surface area contributed by atoms with Crippen molar-refractivity contribution in [2.75, 3.05) is 13.2 Å². The van der Waals surface area contributed by atoms with Gasteiger partial charge in [-0.05, 0) is 12.8 Å². The van der Waals surface area contributed by atoms with Gasteiger partial charge in [-0.1, -0.05) is 0 Å². The molecule has 86 valence electrons. The summed E-state index contributed by atoms with van der Waals surface area (Å²) in [7, 11) is 0. The zero-order valence-corrected chi connectivity index (χ0v) is 7.82. The zero-order valence-electron chi connectivity index (χ0n) is 7.82. The molecule has 4 atom stereocenters. The van der Waals surface area contributed by atoms with Crippen LogP contribution in [0.1, 0.15) is 12.8 Å². The van der Waals surface area contributed by atoms with E-state index in [0.29, 0.717) is 6.42 Å². The quantitative estimate of drug-likeness (QED) is 0.270. The highest BCUT2D eigenvalue weighted by Gasteiger charge is 2.29. The topological polar surface area (TPSA) is 121 Å². The molecule has 2 unspecified atom stereocenters. The SMILES string of the molecule is OCCCC(O)C(O)[C@@H](O)[C@@H](O)CO. The molecule has 0 aromatic carbocycles. The summed E-state index contributed by atoms with van der Waals surface area (Å²) in [5, 5.41) is 53.6. The average Bonchev–Trinajstić information content (AvgIpc) is 2.22. The Kier molecular flexibility index (Phi) is 6.98. The third kappa shape index (κ3) is 4.32. The molecule has 6 N–H and O–H groups in total. The second-order valence-corrected chi connectivity index (χ2v) is 3.16. The Morgan fingerprint density at radius 1 is 0.786 bits per heavy atom. The van der Waals surface area contributed by atoms with Crippen molar-refractivity contribution < 1.29 is 30.6 Å². The molecule has 6 heteroatoms. The van der Waals surface area contributed by atoms with Crippen molar-refractivity contribution in [3.05, 3.63) is 0 Å². The Bertz CT molecular complexity index is 142. The fraction of sp³-hybridized carbons (Fsp3) is 1.00. The van der Waals surface area contributed by atoms with Gasteiger partial charge in [0.15, 0.2) is 0 Å². The minimum absolute atomic E-state index is 0.118. The van der Waals surface area contributed by atoms with Gasteiger partial charge in [0.05, 0.1) is 12.7 Å². The number of aliphatic hydroxyl groups excluding tert-OH is 6. The lowest BCUT2D eigenvalue weighted by molar-refractivity contribution is -0.116. The zero-order chi connectivity index (χ0) is 11.1. The van der Waals surface area contributed by atoms with Crippen LogP contribution in [-0.2, 0) is 0 Å². The first-order valence-corrected chi connectivity index (χ1v) is 4.48. The molecule has 0 fully saturated rings. The molecule has 6 nitrogen and oxygen atoms in total. The van der Waals surface area contributed by atoms with E-state index in [9.17, 15) is 15.3 Å². The second-order valence-electron chi connectivity index (χ2n) is 3.16. The molecule has 0 rings (SSSR count). The summed E-state index contributed by atoms with van der Waals surface area (Å²) in [6.45, 7) is -0.812. The lowest BCUT2D eigenvalue weighted by Crippen LogP contribution is -2.45. The molecule has 14 heavy (non-hydrogen) atoms. The molecule has 0 aromatic rings. The second kappa shape index (κ2) is 7.10. The Hall–Kier alpha value is -0.240. The van der Waals surface area contributed by atoms with Crippen molar-refractivity contribution in [2.45, 2.75) is 37.3 Å². The van der Waals surface area contributed by atoms with Crippen LogP contribution < -0.4 is 0 Å². The van der Waals surface area contributed by atoms with Crippen LogP contribution in [0.2, 0.25) is 0 Å². The van der Waals surface area contributed by atoms with Crippen LogP contribution in [0.25, 0.3) is 0 Å². The van der Waals surface area contributed by atoms with Gasteiger partial charge in [-0.15, -0.1) is 0 Å². The van der Waals surface area contributed by atoms with E-state index in [-0.39, 0.29) is 13.0 Å². The van der Waals surface area contributed by atoms with E-state index < -0.39 is 31.0 Å². The normalized spacial score (nSPS) is 20.1. The summed E-state index contributed by atoms with van der Waals surface area (Å²) >= 11 is 0. The van der Waals surface area contributed by atoms with Crippen LogP contribution in [0.5, 0.6) is 0 Å².